The minimum Gasteiger partial charge on any atom is -0.495 e. The highest BCUT2D eigenvalue weighted by Crippen LogP contribution is 2.29. The molecule has 0 bridgehead atoms. The van der Waals surface area contributed by atoms with E-state index in [9.17, 15) is 4.79 Å². The first-order valence-corrected chi connectivity index (χ1v) is 9.47. The second kappa shape index (κ2) is 9.22. The van der Waals surface area contributed by atoms with Crippen molar-refractivity contribution in [1.82, 2.24) is 4.90 Å². The van der Waals surface area contributed by atoms with Crippen molar-refractivity contribution in [3.63, 3.8) is 0 Å². The Labute approximate surface area is 165 Å². The third-order valence-electron chi connectivity index (χ3n) is 4.74. The van der Waals surface area contributed by atoms with Crippen LogP contribution >= 0.6 is 11.6 Å². The number of hydrogen-bond acceptors (Lipinski definition) is 4. The number of nitrogens with zero attached hydrogens (tertiary/aromatic N) is 1. The van der Waals surface area contributed by atoms with Gasteiger partial charge >= 0.3 is 0 Å². The first-order chi connectivity index (χ1) is 13.1. The highest BCUT2D eigenvalue weighted by atomic mass is 35.5. The van der Waals surface area contributed by atoms with E-state index in [1.54, 1.807) is 25.3 Å². The molecule has 2 aromatic carbocycles. The van der Waals surface area contributed by atoms with E-state index in [1.807, 2.05) is 42.3 Å². The molecule has 0 saturated carbocycles. The number of amides is 1. The molecule has 0 spiro atoms. The van der Waals surface area contributed by atoms with Crippen LogP contribution in [-0.2, 0) is 9.53 Å². The molecule has 3 rings (SSSR count). The fraction of sp³-hybridized carbons (Fsp3) is 0.381. The summed E-state index contributed by atoms with van der Waals surface area (Å²) >= 11 is 6.18. The molecule has 0 radical (unpaired) electrons. The Morgan fingerprint density at radius 2 is 2.11 bits per heavy atom. The molecule has 1 saturated heterocycles. The maximum Gasteiger partial charge on any atom is 0.246 e. The van der Waals surface area contributed by atoms with Gasteiger partial charge in [-0.15, -0.1) is 0 Å². The zero-order valence-electron chi connectivity index (χ0n) is 15.7. The normalized spacial score (nSPS) is 17.7. The summed E-state index contributed by atoms with van der Waals surface area (Å²) in [4.78, 5) is 15.2. The predicted molar refractivity (Wildman–Crippen MR) is 107 cm³/mol. The Bertz CT molecular complexity index is 763. The quantitative estimate of drug-likeness (QED) is 0.774. The van der Waals surface area contributed by atoms with E-state index < -0.39 is 6.04 Å². The smallest absolute Gasteiger partial charge is 0.246 e. The standard InChI is InChI=1S/C21H25ClN2O3/c1-24(14-17-9-6-12-27-17)20(15-7-4-3-5-8-15)21(25)23-16-10-11-19(26-2)18(22)13-16/h3-5,7-8,10-11,13,17,20H,6,9,12,14H2,1-2H3,(H,23,25). The van der Waals surface area contributed by atoms with Crippen LogP contribution in [0.5, 0.6) is 5.75 Å². The van der Waals surface area contributed by atoms with Gasteiger partial charge in [-0.1, -0.05) is 41.9 Å². The van der Waals surface area contributed by atoms with E-state index in [0.29, 0.717) is 23.0 Å². The largest absolute Gasteiger partial charge is 0.495 e. The monoisotopic (exact) mass is 388 g/mol. The zero-order valence-corrected chi connectivity index (χ0v) is 16.4. The summed E-state index contributed by atoms with van der Waals surface area (Å²) in [7, 11) is 3.52. The summed E-state index contributed by atoms with van der Waals surface area (Å²) in [5.74, 6) is 0.465. The molecule has 2 atom stereocenters. The average Bonchev–Trinajstić information content (AvgIpc) is 3.16. The SMILES string of the molecule is COc1ccc(NC(=O)C(c2ccccc2)N(C)CC2CCCO2)cc1Cl. The minimum atomic E-state index is -0.420. The van der Waals surface area contributed by atoms with Gasteiger partial charge in [0.2, 0.25) is 5.91 Å². The molecule has 0 aliphatic carbocycles. The van der Waals surface area contributed by atoms with Crippen LogP contribution in [0.2, 0.25) is 5.02 Å². The van der Waals surface area contributed by atoms with Crippen molar-refractivity contribution < 1.29 is 14.3 Å². The first kappa shape index (κ1) is 19.7. The van der Waals surface area contributed by atoms with Crippen molar-refractivity contribution in [3.8, 4) is 5.75 Å². The number of nitrogens with one attached hydrogen (secondary N) is 1. The number of carbonyl (C=O) groups is 1. The lowest BCUT2D eigenvalue weighted by atomic mass is 10.0. The fourth-order valence-corrected chi connectivity index (χ4v) is 3.67. The van der Waals surface area contributed by atoms with Crippen molar-refractivity contribution in [1.29, 1.82) is 0 Å². The summed E-state index contributed by atoms with van der Waals surface area (Å²) in [5, 5.41) is 3.43. The Balaban J connectivity index is 1.78. The zero-order chi connectivity index (χ0) is 19.2. The van der Waals surface area contributed by atoms with Crippen molar-refractivity contribution in [2.45, 2.75) is 25.0 Å². The first-order valence-electron chi connectivity index (χ1n) is 9.09. The van der Waals surface area contributed by atoms with Crippen LogP contribution in [0.3, 0.4) is 0 Å². The predicted octanol–water partition coefficient (Wildman–Crippen LogP) is 4.14. The van der Waals surface area contributed by atoms with Gasteiger partial charge in [0.1, 0.15) is 11.8 Å². The molecule has 1 N–H and O–H groups in total. The van der Waals surface area contributed by atoms with Crippen molar-refractivity contribution in [2.75, 3.05) is 32.6 Å². The van der Waals surface area contributed by atoms with Crippen molar-refractivity contribution in [3.05, 3.63) is 59.1 Å². The van der Waals surface area contributed by atoms with E-state index in [1.165, 1.54) is 0 Å². The van der Waals surface area contributed by atoms with Crippen LogP contribution < -0.4 is 10.1 Å². The van der Waals surface area contributed by atoms with E-state index in [2.05, 4.69) is 5.32 Å². The van der Waals surface area contributed by atoms with Gasteiger partial charge in [0, 0.05) is 18.8 Å². The maximum atomic E-state index is 13.1. The van der Waals surface area contributed by atoms with Crippen LogP contribution in [0, 0.1) is 0 Å². The van der Waals surface area contributed by atoms with Crippen molar-refractivity contribution in [2.24, 2.45) is 0 Å². The van der Waals surface area contributed by atoms with Gasteiger partial charge in [0.15, 0.2) is 0 Å². The van der Waals surface area contributed by atoms with Gasteiger partial charge in [-0.25, -0.2) is 0 Å². The maximum absolute atomic E-state index is 13.1. The van der Waals surface area contributed by atoms with E-state index in [-0.39, 0.29) is 12.0 Å². The highest BCUT2D eigenvalue weighted by Gasteiger charge is 2.28. The lowest BCUT2D eigenvalue weighted by Crippen LogP contribution is -2.38. The Morgan fingerprint density at radius 3 is 2.74 bits per heavy atom. The Hall–Kier alpha value is -2.08. The number of hydrogen-bond donors (Lipinski definition) is 1. The number of methoxy groups -OCH3 is 1. The van der Waals surface area contributed by atoms with Crippen LogP contribution in [0.4, 0.5) is 5.69 Å². The van der Waals surface area contributed by atoms with Gasteiger partial charge in [-0.05, 0) is 43.7 Å². The van der Waals surface area contributed by atoms with Crippen LogP contribution in [-0.4, -0.2) is 44.2 Å². The van der Waals surface area contributed by atoms with Gasteiger partial charge in [0.25, 0.3) is 0 Å². The second-order valence-electron chi connectivity index (χ2n) is 6.73. The topological polar surface area (TPSA) is 50.8 Å². The van der Waals surface area contributed by atoms with Gasteiger partial charge in [-0.3, -0.25) is 9.69 Å². The lowest BCUT2D eigenvalue weighted by molar-refractivity contribution is -0.121. The molecule has 6 heteroatoms. The molecule has 0 aromatic heterocycles. The molecular formula is C21H25ClN2O3. The molecule has 2 aromatic rings. The Morgan fingerprint density at radius 1 is 1.33 bits per heavy atom. The molecule has 1 heterocycles. The number of benzene rings is 2. The summed E-state index contributed by atoms with van der Waals surface area (Å²) in [6.07, 6.45) is 2.27. The van der Waals surface area contributed by atoms with Gasteiger partial charge < -0.3 is 14.8 Å². The molecule has 1 aliphatic heterocycles. The minimum absolute atomic E-state index is 0.108. The summed E-state index contributed by atoms with van der Waals surface area (Å²) in [6.45, 7) is 1.50. The van der Waals surface area contributed by atoms with Crippen molar-refractivity contribution >= 4 is 23.2 Å². The fourth-order valence-electron chi connectivity index (χ4n) is 3.41. The van der Waals surface area contributed by atoms with Crippen LogP contribution in [0.25, 0.3) is 0 Å². The summed E-state index contributed by atoms with van der Waals surface area (Å²) < 4.78 is 10.9. The van der Waals surface area contributed by atoms with Crippen LogP contribution in [0.15, 0.2) is 48.5 Å². The Kier molecular flexibility index (Phi) is 6.72. The lowest BCUT2D eigenvalue weighted by Gasteiger charge is -2.29. The molecule has 2 unspecified atom stereocenters. The number of likely N-dealkylation sites (N-methyl/N-ethyl adjacent to an activating group) is 1. The molecule has 1 aliphatic rings. The average molecular weight is 389 g/mol. The molecular weight excluding hydrogens is 364 g/mol. The number of rotatable bonds is 7. The van der Waals surface area contributed by atoms with E-state index in [0.717, 1.165) is 25.0 Å². The number of halogens is 1. The summed E-state index contributed by atoms with van der Waals surface area (Å²) in [5.41, 5.74) is 1.58. The van der Waals surface area contributed by atoms with Crippen LogP contribution in [0.1, 0.15) is 24.4 Å². The molecule has 27 heavy (non-hydrogen) atoms. The molecule has 144 valence electrons. The van der Waals surface area contributed by atoms with E-state index in [4.69, 9.17) is 21.1 Å². The molecule has 1 amide bonds. The number of ether oxygens (including phenoxy) is 2. The highest BCUT2D eigenvalue weighted by molar-refractivity contribution is 6.32. The third-order valence-corrected chi connectivity index (χ3v) is 5.03. The van der Waals surface area contributed by atoms with E-state index >= 15 is 0 Å². The molecule has 1 fully saturated rings. The number of anilines is 1. The second-order valence-corrected chi connectivity index (χ2v) is 7.13. The third kappa shape index (κ3) is 5.01. The summed E-state index contributed by atoms with van der Waals surface area (Å²) in [6, 6.07) is 14.6. The number of carbonyl (C=O) groups excluding carboxylic acids is 1. The van der Waals surface area contributed by atoms with Gasteiger partial charge in [-0.2, -0.15) is 0 Å². The molecule has 5 nitrogen and oxygen atoms in total. The van der Waals surface area contributed by atoms with Gasteiger partial charge in [0.05, 0.1) is 18.2 Å².